The van der Waals surface area contributed by atoms with E-state index in [1.54, 1.807) is 18.9 Å². The van der Waals surface area contributed by atoms with Crippen LogP contribution in [0.15, 0.2) is 64.3 Å². The zero-order chi connectivity index (χ0) is 23.5. The first-order valence-corrected chi connectivity index (χ1v) is 11.8. The smallest absolute Gasteiger partial charge is 0.277 e. The third-order valence-electron chi connectivity index (χ3n) is 5.75. The van der Waals surface area contributed by atoms with Gasteiger partial charge in [0.25, 0.3) is 5.56 Å². The van der Waals surface area contributed by atoms with Crippen molar-refractivity contribution in [1.82, 2.24) is 14.2 Å². The van der Waals surface area contributed by atoms with Gasteiger partial charge in [0, 0.05) is 46.9 Å². The van der Waals surface area contributed by atoms with Crippen LogP contribution in [0.2, 0.25) is 0 Å². The molecule has 2 heterocycles. The molecule has 0 saturated carbocycles. The van der Waals surface area contributed by atoms with Crippen LogP contribution in [0.1, 0.15) is 17.7 Å². The fraction of sp³-hybridized carbons (Fsp3) is 0.240. The van der Waals surface area contributed by atoms with Gasteiger partial charge in [-0.15, -0.1) is 11.8 Å². The van der Waals surface area contributed by atoms with Gasteiger partial charge in [0.15, 0.2) is 0 Å². The molecule has 0 saturated heterocycles. The number of carbonyl (C=O) groups excluding carboxylic acids is 1. The molecule has 2 aromatic heterocycles. The second kappa shape index (κ2) is 9.54. The topological polar surface area (TPSA) is 77.6 Å². The van der Waals surface area contributed by atoms with Crippen LogP contribution < -0.4 is 15.6 Å². The van der Waals surface area contributed by atoms with Crippen LogP contribution in [-0.4, -0.2) is 33.5 Å². The standard InChI is InChI=1S/C25H26N4O3S/c1-16-21(11-12-23(30)26-18-8-6-10-20(14-18)33-4)25(31)29-24(28(16)2)15-22(27-29)17-7-5-9-19(13-17)32-3/h5-10,13-15H,11-12H2,1-4H3,(H,26,30). The van der Waals surface area contributed by atoms with Crippen molar-refractivity contribution in [2.45, 2.75) is 24.7 Å². The van der Waals surface area contributed by atoms with E-state index >= 15 is 0 Å². The number of aromatic nitrogens is 3. The second-order valence-electron chi connectivity index (χ2n) is 7.74. The number of benzene rings is 2. The molecule has 1 amide bonds. The maximum atomic E-state index is 13.3. The number of rotatable bonds is 7. The third-order valence-corrected chi connectivity index (χ3v) is 6.47. The first-order valence-electron chi connectivity index (χ1n) is 10.6. The molecule has 0 spiro atoms. The Hall–Kier alpha value is -3.52. The highest BCUT2D eigenvalue weighted by Gasteiger charge is 2.17. The summed E-state index contributed by atoms with van der Waals surface area (Å²) in [6, 6.07) is 17.1. The predicted molar refractivity (Wildman–Crippen MR) is 132 cm³/mol. The molecule has 0 aliphatic heterocycles. The summed E-state index contributed by atoms with van der Waals surface area (Å²) in [7, 11) is 3.52. The van der Waals surface area contributed by atoms with Crippen LogP contribution in [-0.2, 0) is 18.3 Å². The van der Waals surface area contributed by atoms with Gasteiger partial charge in [-0.25, -0.2) is 0 Å². The number of carbonyl (C=O) groups is 1. The van der Waals surface area contributed by atoms with E-state index in [1.807, 2.05) is 79.4 Å². The van der Waals surface area contributed by atoms with Gasteiger partial charge in [0.1, 0.15) is 11.4 Å². The molecule has 0 fully saturated rings. The number of hydrogen-bond acceptors (Lipinski definition) is 5. The molecule has 4 rings (SSSR count). The zero-order valence-corrected chi connectivity index (χ0v) is 19.9. The van der Waals surface area contributed by atoms with Crippen molar-refractivity contribution in [3.05, 3.63) is 76.2 Å². The minimum atomic E-state index is -0.202. The maximum absolute atomic E-state index is 13.3. The Labute approximate surface area is 196 Å². The molecular formula is C25H26N4O3S. The summed E-state index contributed by atoms with van der Waals surface area (Å²) < 4.78 is 8.66. The molecule has 170 valence electrons. The minimum absolute atomic E-state index is 0.132. The van der Waals surface area contributed by atoms with Crippen molar-refractivity contribution in [3.63, 3.8) is 0 Å². The van der Waals surface area contributed by atoms with E-state index in [9.17, 15) is 9.59 Å². The molecule has 4 aromatic rings. The van der Waals surface area contributed by atoms with E-state index in [0.29, 0.717) is 23.3 Å². The van der Waals surface area contributed by atoms with E-state index in [4.69, 9.17) is 4.74 Å². The highest BCUT2D eigenvalue weighted by atomic mass is 32.2. The number of nitrogens with zero attached hydrogens (tertiary/aromatic N) is 3. The van der Waals surface area contributed by atoms with Crippen LogP contribution in [0.5, 0.6) is 5.75 Å². The summed E-state index contributed by atoms with van der Waals surface area (Å²) in [6.07, 6.45) is 2.52. The molecule has 0 atom stereocenters. The summed E-state index contributed by atoms with van der Waals surface area (Å²) in [5, 5.41) is 7.48. The Morgan fingerprint density at radius 1 is 1.15 bits per heavy atom. The largest absolute Gasteiger partial charge is 0.497 e. The average molecular weight is 463 g/mol. The monoisotopic (exact) mass is 462 g/mol. The van der Waals surface area contributed by atoms with E-state index in [1.165, 1.54) is 4.52 Å². The van der Waals surface area contributed by atoms with Gasteiger partial charge < -0.3 is 14.6 Å². The Balaban J connectivity index is 1.60. The SMILES string of the molecule is COc1cccc(-c2cc3n(C)c(C)c(CCC(=O)Nc4cccc(SC)c4)c(=O)n3n2)c1. The molecule has 0 unspecified atom stereocenters. The van der Waals surface area contributed by atoms with Gasteiger partial charge in [-0.05, 0) is 49.9 Å². The maximum Gasteiger partial charge on any atom is 0.277 e. The molecule has 0 aliphatic rings. The number of hydrogen-bond donors (Lipinski definition) is 1. The van der Waals surface area contributed by atoms with Crippen molar-refractivity contribution >= 4 is 29.0 Å². The number of fused-ring (bicyclic) bond motifs is 1. The lowest BCUT2D eigenvalue weighted by Crippen LogP contribution is -2.26. The van der Waals surface area contributed by atoms with Gasteiger partial charge in [-0.2, -0.15) is 9.61 Å². The third kappa shape index (κ3) is 4.66. The van der Waals surface area contributed by atoms with Crippen LogP contribution in [0.4, 0.5) is 5.69 Å². The molecule has 0 bridgehead atoms. The number of anilines is 1. The molecule has 8 heteroatoms. The minimum Gasteiger partial charge on any atom is -0.497 e. The number of nitrogens with one attached hydrogen (secondary N) is 1. The van der Waals surface area contributed by atoms with E-state index in [-0.39, 0.29) is 17.9 Å². The lowest BCUT2D eigenvalue weighted by Gasteiger charge is -2.12. The molecule has 7 nitrogen and oxygen atoms in total. The van der Waals surface area contributed by atoms with Gasteiger partial charge in [-0.3, -0.25) is 9.59 Å². The van der Waals surface area contributed by atoms with Crippen molar-refractivity contribution in [2.24, 2.45) is 7.05 Å². The molecule has 0 radical (unpaired) electrons. The number of amides is 1. The van der Waals surface area contributed by atoms with Gasteiger partial charge in [0.05, 0.1) is 12.8 Å². The summed E-state index contributed by atoms with van der Waals surface area (Å²) >= 11 is 1.62. The van der Waals surface area contributed by atoms with E-state index < -0.39 is 0 Å². The van der Waals surface area contributed by atoms with Crippen LogP contribution in [0, 0.1) is 6.92 Å². The highest BCUT2D eigenvalue weighted by molar-refractivity contribution is 7.98. The fourth-order valence-corrected chi connectivity index (χ4v) is 4.25. The quantitative estimate of drug-likeness (QED) is 0.414. The number of aryl methyl sites for hydroxylation is 1. The van der Waals surface area contributed by atoms with Crippen LogP contribution >= 0.6 is 11.8 Å². The van der Waals surface area contributed by atoms with E-state index in [0.717, 1.165) is 27.6 Å². The van der Waals surface area contributed by atoms with Crippen LogP contribution in [0.3, 0.4) is 0 Å². The summed E-state index contributed by atoms with van der Waals surface area (Å²) in [5.41, 5.74) is 4.19. The van der Waals surface area contributed by atoms with Crippen molar-refractivity contribution in [3.8, 4) is 17.0 Å². The summed E-state index contributed by atoms with van der Waals surface area (Å²) in [4.78, 5) is 26.9. The first kappa shape index (κ1) is 22.7. The van der Waals surface area contributed by atoms with Gasteiger partial charge in [0.2, 0.25) is 5.91 Å². The van der Waals surface area contributed by atoms with Crippen molar-refractivity contribution < 1.29 is 9.53 Å². The van der Waals surface area contributed by atoms with Crippen LogP contribution in [0.25, 0.3) is 16.9 Å². The van der Waals surface area contributed by atoms with E-state index in [2.05, 4.69) is 10.4 Å². The van der Waals surface area contributed by atoms with Gasteiger partial charge >= 0.3 is 0 Å². The molecule has 33 heavy (non-hydrogen) atoms. The lowest BCUT2D eigenvalue weighted by molar-refractivity contribution is -0.116. The number of methoxy groups -OCH3 is 1. The first-order chi connectivity index (χ1) is 15.9. The zero-order valence-electron chi connectivity index (χ0n) is 19.1. The Bertz CT molecular complexity index is 1390. The summed E-state index contributed by atoms with van der Waals surface area (Å²) in [6.45, 7) is 1.90. The lowest BCUT2D eigenvalue weighted by atomic mass is 10.1. The predicted octanol–water partition coefficient (Wildman–Crippen LogP) is 4.31. The van der Waals surface area contributed by atoms with Gasteiger partial charge in [-0.1, -0.05) is 18.2 Å². The second-order valence-corrected chi connectivity index (χ2v) is 8.62. The molecule has 1 N–H and O–H groups in total. The Kier molecular flexibility index (Phi) is 6.55. The Morgan fingerprint density at radius 2 is 1.94 bits per heavy atom. The molecular weight excluding hydrogens is 436 g/mol. The number of ether oxygens (including phenoxy) is 1. The highest BCUT2D eigenvalue weighted by Crippen LogP contribution is 2.24. The van der Waals surface area contributed by atoms with Crippen molar-refractivity contribution in [2.75, 3.05) is 18.7 Å². The number of thioether (sulfide) groups is 1. The summed E-state index contributed by atoms with van der Waals surface area (Å²) in [5.74, 6) is 0.592. The fourth-order valence-electron chi connectivity index (χ4n) is 3.79. The normalized spacial score (nSPS) is 11.0. The average Bonchev–Trinajstić information content (AvgIpc) is 3.29. The Morgan fingerprint density at radius 3 is 2.70 bits per heavy atom. The molecule has 2 aromatic carbocycles. The van der Waals surface area contributed by atoms with Crippen molar-refractivity contribution in [1.29, 1.82) is 0 Å². The molecule has 0 aliphatic carbocycles.